The fraction of sp³-hybridized carbons (Fsp3) is 0.406. The summed E-state index contributed by atoms with van der Waals surface area (Å²) in [7, 11) is 1.64. The van der Waals surface area contributed by atoms with Crippen LogP contribution in [-0.4, -0.2) is 68.3 Å². The zero-order chi connectivity index (χ0) is 29.6. The third kappa shape index (κ3) is 6.53. The van der Waals surface area contributed by atoms with E-state index in [2.05, 4.69) is 55.5 Å². The second-order valence-electron chi connectivity index (χ2n) is 11.2. The molecule has 2 amide bonds. The molecule has 3 aromatic heterocycles. The van der Waals surface area contributed by atoms with Gasteiger partial charge in [0.1, 0.15) is 18.0 Å². The van der Waals surface area contributed by atoms with Crippen molar-refractivity contribution in [3.05, 3.63) is 72.2 Å². The Hall–Kier alpha value is -4.47. The molecule has 1 aliphatic heterocycles. The summed E-state index contributed by atoms with van der Waals surface area (Å²) in [5, 5.41) is 7.04. The molecule has 1 saturated heterocycles. The molecule has 1 unspecified atom stereocenters. The maximum absolute atomic E-state index is 12.4. The Bertz CT molecular complexity index is 1550. The van der Waals surface area contributed by atoms with Gasteiger partial charge < -0.3 is 15.5 Å². The first-order chi connectivity index (χ1) is 20.3. The van der Waals surface area contributed by atoms with Crippen LogP contribution in [0.4, 0.5) is 5.82 Å². The van der Waals surface area contributed by atoms with Gasteiger partial charge in [0.05, 0.1) is 16.8 Å². The Morgan fingerprint density at radius 3 is 2.50 bits per heavy atom. The highest BCUT2D eigenvalue weighted by Gasteiger charge is 2.22. The average Bonchev–Trinajstić information content (AvgIpc) is 3.03. The van der Waals surface area contributed by atoms with E-state index in [9.17, 15) is 9.59 Å². The lowest BCUT2D eigenvalue weighted by Crippen LogP contribution is -2.37. The third-order valence-corrected chi connectivity index (χ3v) is 8.42. The predicted molar refractivity (Wildman–Crippen MR) is 163 cm³/mol. The fourth-order valence-electron chi connectivity index (χ4n) is 5.56. The SMILES string of the molecule is CNC(=O)c1ccnc2c(C(C)[C@H](C)CNc3cc(-c4cnc(CC5CCN(C(C)=O)CC5)nc4)ncn3)cccc12. The first-order valence-electron chi connectivity index (χ1n) is 14.6. The van der Waals surface area contributed by atoms with Gasteiger partial charge in [0.25, 0.3) is 5.91 Å². The van der Waals surface area contributed by atoms with E-state index in [4.69, 9.17) is 0 Å². The van der Waals surface area contributed by atoms with E-state index in [0.717, 1.165) is 71.7 Å². The molecule has 1 fully saturated rings. The van der Waals surface area contributed by atoms with Crippen molar-refractivity contribution in [3.63, 3.8) is 0 Å². The predicted octanol–water partition coefficient (Wildman–Crippen LogP) is 4.49. The quantitative estimate of drug-likeness (QED) is 0.303. The summed E-state index contributed by atoms with van der Waals surface area (Å²) >= 11 is 0. The van der Waals surface area contributed by atoms with Gasteiger partial charge in [-0.1, -0.05) is 32.0 Å². The largest absolute Gasteiger partial charge is 0.370 e. The number of piperidine rings is 1. The number of anilines is 1. The molecule has 10 nitrogen and oxygen atoms in total. The molecule has 1 aliphatic rings. The van der Waals surface area contributed by atoms with E-state index in [0.29, 0.717) is 18.0 Å². The first-order valence-corrected chi connectivity index (χ1v) is 14.6. The van der Waals surface area contributed by atoms with Crippen LogP contribution in [0, 0.1) is 11.8 Å². The summed E-state index contributed by atoms with van der Waals surface area (Å²) < 4.78 is 0. The maximum atomic E-state index is 12.4. The van der Waals surface area contributed by atoms with Crippen LogP contribution in [0.3, 0.4) is 0 Å². The summed E-state index contributed by atoms with van der Waals surface area (Å²) in [4.78, 5) is 48.6. The van der Waals surface area contributed by atoms with Crippen LogP contribution < -0.4 is 10.6 Å². The zero-order valence-corrected chi connectivity index (χ0v) is 24.7. The van der Waals surface area contributed by atoms with Crippen LogP contribution in [0.25, 0.3) is 22.2 Å². The van der Waals surface area contributed by atoms with Crippen molar-refractivity contribution in [2.75, 3.05) is 32.0 Å². The Morgan fingerprint density at radius 1 is 1.02 bits per heavy atom. The Kier molecular flexibility index (Phi) is 9.00. The number of carbonyl (C=O) groups is 2. The lowest BCUT2D eigenvalue weighted by molar-refractivity contribution is -0.130. The molecule has 42 heavy (non-hydrogen) atoms. The molecule has 2 N–H and O–H groups in total. The van der Waals surface area contributed by atoms with E-state index >= 15 is 0 Å². The maximum Gasteiger partial charge on any atom is 0.251 e. The van der Waals surface area contributed by atoms with Crippen LogP contribution >= 0.6 is 0 Å². The van der Waals surface area contributed by atoms with E-state index in [1.54, 1.807) is 32.6 Å². The van der Waals surface area contributed by atoms with E-state index in [1.807, 2.05) is 35.5 Å². The highest BCUT2D eigenvalue weighted by molar-refractivity contribution is 6.06. The molecule has 5 rings (SSSR count). The van der Waals surface area contributed by atoms with Crippen molar-refractivity contribution < 1.29 is 9.59 Å². The van der Waals surface area contributed by atoms with Gasteiger partial charge in [-0.05, 0) is 42.2 Å². The molecule has 1 aromatic carbocycles. The van der Waals surface area contributed by atoms with Crippen LogP contribution in [0.1, 0.15) is 61.3 Å². The van der Waals surface area contributed by atoms with Crippen LogP contribution in [-0.2, 0) is 11.2 Å². The summed E-state index contributed by atoms with van der Waals surface area (Å²) in [6, 6.07) is 9.70. The van der Waals surface area contributed by atoms with Gasteiger partial charge in [-0.2, -0.15) is 0 Å². The molecule has 218 valence electrons. The molecule has 0 saturated carbocycles. The Balaban J connectivity index is 1.21. The van der Waals surface area contributed by atoms with Gasteiger partial charge in [0.2, 0.25) is 5.91 Å². The van der Waals surface area contributed by atoms with Crippen molar-refractivity contribution in [3.8, 4) is 11.3 Å². The van der Waals surface area contributed by atoms with Crippen molar-refractivity contribution >= 4 is 28.5 Å². The lowest BCUT2D eigenvalue weighted by Gasteiger charge is -2.30. The average molecular weight is 567 g/mol. The number of para-hydroxylation sites is 1. The first kappa shape index (κ1) is 29.0. The lowest BCUT2D eigenvalue weighted by atomic mass is 9.87. The fourth-order valence-corrected chi connectivity index (χ4v) is 5.56. The number of benzene rings is 1. The van der Waals surface area contributed by atoms with Gasteiger partial charge in [0, 0.05) is 75.6 Å². The summed E-state index contributed by atoms with van der Waals surface area (Å²) in [5.74, 6) is 2.52. The van der Waals surface area contributed by atoms with Gasteiger partial charge in [-0.15, -0.1) is 0 Å². The van der Waals surface area contributed by atoms with Crippen molar-refractivity contribution in [2.24, 2.45) is 11.8 Å². The highest BCUT2D eigenvalue weighted by Crippen LogP contribution is 2.31. The van der Waals surface area contributed by atoms with Gasteiger partial charge in [0.15, 0.2) is 0 Å². The van der Waals surface area contributed by atoms with E-state index in [1.165, 1.54) is 0 Å². The van der Waals surface area contributed by atoms with Crippen LogP contribution in [0.5, 0.6) is 0 Å². The number of hydrogen-bond acceptors (Lipinski definition) is 8. The molecular weight excluding hydrogens is 528 g/mol. The summed E-state index contributed by atoms with van der Waals surface area (Å²) in [6.07, 6.45) is 9.68. The Labute approximate surface area is 246 Å². The minimum Gasteiger partial charge on any atom is -0.370 e. The molecule has 4 aromatic rings. The van der Waals surface area contributed by atoms with Gasteiger partial charge >= 0.3 is 0 Å². The number of hydrogen-bond donors (Lipinski definition) is 2. The van der Waals surface area contributed by atoms with Crippen molar-refractivity contribution in [2.45, 2.75) is 46.0 Å². The van der Waals surface area contributed by atoms with Crippen LogP contribution in [0.2, 0.25) is 0 Å². The highest BCUT2D eigenvalue weighted by atomic mass is 16.2. The molecule has 10 heteroatoms. The van der Waals surface area contributed by atoms with Crippen LogP contribution in [0.15, 0.2) is 55.2 Å². The number of rotatable bonds is 9. The van der Waals surface area contributed by atoms with E-state index in [-0.39, 0.29) is 23.7 Å². The second-order valence-corrected chi connectivity index (χ2v) is 11.2. The van der Waals surface area contributed by atoms with Crippen molar-refractivity contribution in [1.82, 2.24) is 35.1 Å². The number of aromatic nitrogens is 5. The molecular formula is C32H38N8O2. The van der Waals surface area contributed by atoms with Crippen molar-refractivity contribution in [1.29, 1.82) is 0 Å². The smallest absolute Gasteiger partial charge is 0.251 e. The number of carbonyl (C=O) groups excluding carboxylic acids is 2. The molecule has 2 atom stereocenters. The standard InChI is InChI=1S/C32H38N8O2/c1-20(21(2)25-6-5-7-26-27(32(42)33-4)8-11-34-31(25)26)16-35-30-15-28(38-19-39-30)24-17-36-29(37-18-24)14-23-9-12-40(13-10-23)22(3)41/h5-8,11,15,17-21,23H,9-10,12-14,16H2,1-4H3,(H,33,42)(H,35,38,39)/t20-,21?/m1/s1. The minimum atomic E-state index is -0.118. The topological polar surface area (TPSA) is 126 Å². The molecule has 4 heterocycles. The van der Waals surface area contributed by atoms with Gasteiger partial charge in [-0.3, -0.25) is 14.6 Å². The molecule has 0 aliphatic carbocycles. The molecule has 0 bridgehead atoms. The third-order valence-electron chi connectivity index (χ3n) is 8.42. The monoisotopic (exact) mass is 566 g/mol. The number of pyridine rings is 1. The molecule has 0 radical (unpaired) electrons. The zero-order valence-electron chi connectivity index (χ0n) is 24.7. The number of nitrogens with one attached hydrogen (secondary N) is 2. The number of nitrogens with zero attached hydrogens (tertiary/aromatic N) is 6. The second kappa shape index (κ2) is 13.0. The number of likely N-dealkylation sites (tertiary alicyclic amines) is 1. The minimum absolute atomic E-state index is 0.118. The number of fused-ring (bicyclic) bond motifs is 1. The van der Waals surface area contributed by atoms with Gasteiger partial charge in [-0.25, -0.2) is 19.9 Å². The molecule has 0 spiro atoms. The normalized spacial score (nSPS) is 15.3. The Morgan fingerprint density at radius 2 is 1.79 bits per heavy atom. The summed E-state index contributed by atoms with van der Waals surface area (Å²) in [6.45, 7) is 8.32. The summed E-state index contributed by atoms with van der Waals surface area (Å²) in [5.41, 5.74) is 4.19. The van der Waals surface area contributed by atoms with E-state index < -0.39 is 0 Å². The number of amides is 2.